The molecular formula is C13H29NO. The van der Waals surface area contributed by atoms with Crippen LogP contribution in [0.25, 0.3) is 0 Å². The average molecular weight is 215 g/mol. The second-order valence-electron chi connectivity index (χ2n) is 3.56. The zero-order chi connectivity index (χ0) is 12.1. The van der Waals surface area contributed by atoms with Crippen molar-refractivity contribution in [2.45, 2.75) is 47.0 Å². The zero-order valence-corrected chi connectivity index (χ0v) is 11.3. The van der Waals surface area contributed by atoms with E-state index in [0.29, 0.717) is 0 Å². The van der Waals surface area contributed by atoms with Gasteiger partial charge < -0.3 is 9.64 Å². The lowest BCUT2D eigenvalue weighted by Crippen LogP contribution is -2.21. The summed E-state index contributed by atoms with van der Waals surface area (Å²) in [6.07, 6.45) is 3.65. The van der Waals surface area contributed by atoms with Gasteiger partial charge in [0.15, 0.2) is 0 Å². The second kappa shape index (κ2) is 13.5. The van der Waals surface area contributed by atoms with Gasteiger partial charge in [0.2, 0.25) is 0 Å². The Morgan fingerprint density at radius 2 is 1.73 bits per heavy atom. The maximum Gasteiger partial charge on any atom is 0.0889 e. The smallest absolute Gasteiger partial charge is 0.0889 e. The SMILES string of the molecule is C=C(C)OCCCN(C)CCCC.CC. The summed E-state index contributed by atoms with van der Waals surface area (Å²) in [4.78, 5) is 2.35. The van der Waals surface area contributed by atoms with E-state index in [0.717, 1.165) is 25.3 Å². The highest BCUT2D eigenvalue weighted by Gasteiger charge is 1.96. The maximum absolute atomic E-state index is 5.28. The number of hydrogen-bond acceptors (Lipinski definition) is 2. The lowest BCUT2D eigenvalue weighted by atomic mass is 10.3. The van der Waals surface area contributed by atoms with Crippen molar-refractivity contribution in [1.82, 2.24) is 4.90 Å². The molecule has 0 aliphatic rings. The van der Waals surface area contributed by atoms with Gasteiger partial charge in [-0.05, 0) is 33.4 Å². The van der Waals surface area contributed by atoms with Crippen molar-refractivity contribution in [2.75, 3.05) is 26.7 Å². The van der Waals surface area contributed by atoms with Gasteiger partial charge in [-0.3, -0.25) is 0 Å². The third kappa shape index (κ3) is 16.2. The Morgan fingerprint density at radius 3 is 2.20 bits per heavy atom. The van der Waals surface area contributed by atoms with Crippen LogP contribution in [0.15, 0.2) is 12.3 Å². The number of ether oxygens (including phenoxy) is 1. The van der Waals surface area contributed by atoms with Crippen LogP contribution in [-0.4, -0.2) is 31.6 Å². The molecule has 0 radical (unpaired) electrons. The summed E-state index contributed by atoms with van der Waals surface area (Å²) in [5.74, 6) is 0.816. The number of allylic oxidation sites excluding steroid dienone is 1. The monoisotopic (exact) mass is 215 g/mol. The Balaban J connectivity index is 0. The summed E-state index contributed by atoms with van der Waals surface area (Å²) in [6, 6.07) is 0. The molecule has 2 nitrogen and oxygen atoms in total. The molecule has 2 heteroatoms. The summed E-state index contributed by atoms with van der Waals surface area (Å²) < 4.78 is 5.28. The highest BCUT2D eigenvalue weighted by atomic mass is 16.5. The van der Waals surface area contributed by atoms with Crippen molar-refractivity contribution in [2.24, 2.45) is 0 Å². The molecule has 0 aliphatic heterocycles. The molecule has 0 unspecified atom stereocenters. The molecule has 0 saturated carbocycles. The fraction of sp³-hybridized carbons (Fsp3) is 0.846. The number of unbranched alkanes of at least 4 members (excludes halogenated alkanes) is 1. The average Bonchev–Trinajstić information content (AvgIpc) is 2.24. The summed E-state index contributed by atoms with van der Waals surface area (Å²) in [5.41, 5.74) is 0. The van der Waals surface area contributed by atoms with E-state index in [1.165, 1.54) is 19.4 Å². The van der Waals surface area contributed by atoms with Crippen LogP contribution in [0.4, 0.5) is 0 Å². The largest absolute Gasteiger partial charge is 0.499 e. The van der Waals surface area contributed by atoms with Gasteiger partial charge in [0.05, 0.1) is 12.4 Å². The molecule has 0 aromatic rings. The third-order valence-electron chi connectivity index (χ3n) is 1.93. The molecule has 0 rings (SSSR count). The Labute approximate surface area is 96.3 Å². The van der Waals surface area contributed by atoms with Gasteiger partial charge in [0.25, 0.3) is 0 Å². The highest BCUT2D eigenvalue weighted by molar-refractivity contribution is 4.73. The molecule has 0 fully saturated rings. The molecule has 0 saturated heterocycles. The van der Waals surface area contributed by atoms with Crippen LogP contribution in [0.5, 0.6) is 0 Å². The van der Waals surface area contributed by atoms with Crippen molar-refractivity contribution in [3.8, 4) is 0 Å². The maximum atomic E-state index is 5.28. The van der Waals surface area contributed by atoms with Crippen molar-refractivity contribution in [1.29, 1.82) is 0 Å². The molecule has 0 amide bonds. The fourth-order valence-electron chi connectivity index (χ4n) is 1.12. The van der Waals surface area contributed by atoms with E-state index in [1.54, 1.807) is 0 Å². The fourth-order valence-corrected chi connectivity index (χ4v) is 1.12. The normalized spacial score (nSPS) is 9.47. The molecule has 0 N–H and O–H groups in total. The van der Waals surface area contributed by atoms with E-state index in [9.17, 15) is 0 Å². The van der Waals surface area contributed by atoms with E-state index >= 15 is 0 Å². The highest BCUT2D eigenvalue weighted by Crippen LogP contribution is 1.96. The van der Waals surface area contributed by atoms with Gasteiger partial charge in [-0.2, -0.15) is 0 Å². The predicted octanol–water partition coefficient (Wildman–Crippen LogP) is 3.68. The van der Waals surface area contributed by atoms with Crippen LogP contribution in [-0.2, 0) is 4.74 Å². The van der Waals surface area contributed by atoms with Gasteiger partial charge in [0.1, 0.15) is 0 Å². The predicted molar refractivity (Wildman–Crippen MR) is 69.1 cm³/mol. The Kier molecular flexibility index (Phi) is 15.2. The first-order chi connectivity index (χ1) is 7.16. The summed E-state index contributed by atoms with van der Waals surface area (Å²) in [5, 5.41) is 0. The minimum atomic E-state index is 0.797. The van der Waals surface area contributed by atoms with Crippen molar-refractivity contribution in [3.05, 3.63) is 12.3 Å². The molecular weight excluding hydrogens is 186 g/mol. The summed E-state index contributed by atoms with van der Waals surface area (Å²) >= 11 is 0. The summed E-state index contributed by atoms with van der Waals surface area (Å²) in [7, 11) is 2.16. The molecule has 0 atom stereocenters. The molecule has 0 aromatic heterocycles. The molecule has 15 heavy (non-hydrogen) atoms. The van der Waals surface area contributed by atoms with Gasteiger partial charge >= 0.3 is 0 Å². The van der Waals surface area contributed by atoms with E-state index in [1.807, 2.05) is 20.8 Å². The van der Waals surface area contributed by atoms with Crippen LogP contribution in [0.1, 0.15) is 47.0 Å². The molecule has 0 spiro atoms. The number of hydrogen-bond donors (Lipinski definition) is 0. The van der Waals surface area contributed by atoms with Crippen molar-refractivity contribution >= 4 is 0 Å². The quantitative estimate of drug-likeness (QED) is 0.452. The van der Waals surface area contributed by atoms with E-state index < -0.39 is 0 Å². The minimum absolute atomic E-state index is 0.797. The van der Waals surface area contributed by atoms with Crippen molar-refractivity contribution < 1.29 is 4.74 Å². The molecule has 92 valence electrons. The lowest BCUT2D eigenvalue weighted by Gasteiger charge is -2.15. The van der Waals surface area contributed by atoms with Crippen molar-refractivity contribution in [3.63, 3.8) is 0 Å². The first-order valence-corrected chi connectivity index (χ1v) is 6.13. The van der Waals surface area contributed by atoms with Crippen LogP contribution in [0, 0.1) is 0 Å². The minimum Gasteiger partial charge on any atom is -0.499 e. The first-order valence-electron chi connectivity index (χ1n) is 6.13. The Morgan fingerprint density at radius 1 is 1.20 bits per heavy atom. The van der Waals surface area contributed by atoms with Gasteiger partial charge in [-0.15, -0.1) is 0 Å². The molecule has 0 aliphatic carbocycles. The van der Waals surface area contributed by atoms with Crippen LogP contribution in [0.3, 0.4) is 0 Å². The van der Waals surface area contributed by atoms with Crippen LogP contribution in [0.2, 0.25) is 0 Å². The van der Waals surface area contributed by atoms with E-state index in [-0.39, 0.29) is 0 Å². The number of rotatable bonds is 8. The van der Waals surface area contributed by atoms with Gasteiger partial charge in [-0.25, -0.2) is 0 Å². The Bertz CT molecular complexity index is 134. The third-order valence-corrected chi connectivity index (χ3v) is 1.93. The zero-order valence-electron chi connectivity index (χ0n) is 11.3. The topological polar surface area (TPSA) is 12.5 Å². The van der Waals surface area contributed by atoms with Gasteiger partial charge in [-0.1, -0.05) is 33.8 Å². The lowest BCUT2D eigenvalue weighted by molar-refractivity contribution is 0.193. The van der Waals surface area contributed by atoms with E-state index in [2.05, 4.69) is 25.5 Å². The van der Waals surface area contributed by atoms with Crippen LogP contribution < -0.4 is 0 Å². The van der Waals surface area contributed by atoms with Gasteiger partial charge in [0, 0.05) is 6.54 Å². The first kappa shape index (κ1) is 16.9. The Hall–Kier alpha value is -0.500. The second-order valence-corrected chi connectivity index (χ2v) is 3.56. The van der Waals surface area contributed by atoms with Crippen LogP contribution >= 0.6 is 0 Å². The number of nitrogens with zero attached hydrogens (tertiary/aromatic N) is 1. The summed E-state index contributed by atoms with van der Waals surface area (Å²) in [6.45, 7) is 14.9. The molecule has 0 bridgehead atoms. The molecule has 0 heterocycles. The molecule has 0 aromatic carbocycles. The van der Waals surface area contributed by atoms with E-state index in [4.69, 9.17) is 4.74 Å². The standard InChI is InChI=1S/C11H23NO.C2H6/c1-5-6-8-12(4)9-7-10-13-11(2)3;1-2/h2,5-10H2,1,3-4H3;1-2H3.